The number of anilines is 1. The van der Waals surface area contributed by atoms with Crippen LogP contribution in [0, 0.1) is 0 Å². The lowest BCUT2D eigenvalue weighted by atomic mass is 10.1. The fourth-order valence-corrected chi connectivity index (χ4v) is 1.95. The topological polar surface area (TPSA) is 62.0 Å². The third kappa shape index (κ3) is 2.38. The Hall–Kier alpha value is -1.88. The zero-order valence-corrected chi connectivity index (χ0v) is 9.43. The second kappa shape index (κ2) is 4.32. The highest BCUT2D eigenvalue weighted by Crippen LogP contribution is 2.19. The van der Waals surface area contributed by atoms with Gasteiger partial charge in [0.25, 0.3) is 0 Å². The first-order valence-electron chi connectivity index (χ1n) is 4.71. The molecular weight excluding hydrogens is 224 g/mol. The van der Waals surface area contributed by atoms with Crippen molar-refractivity contribution in [2.24, 2.45) is 0 Å². The van der Waals surface area contributed by atoms with E-state index in [0.29, 0.717) is 0 Å². The third-order valence-corrected chi connectivity index (χ3v) is 2.71. The highest BCUT2D eigenvalue weighted by Gasteiger charge is 2.01. The highest BCUT2D eigenvalue weighted by atomic mass is 32.1. The zero-order chi connectivity index (χ0) is 11.5. The number of aromatic nitrogens is 1. The molecule has 1 amide bonds. The number of rotatable bonds is 2. The minimum atomic E-state index is -0.100. The van der Waals surface area contributed by atoms with Gasteiger partial charge in [0.2, 0.25) is 5.91 Å². The fraction of sp³-hybridized carbons (Fsp3) is 0.0909. The van der Waals surface area contributed by atoms with E-state index in [0.717, 1.165) is 28.3 Å². The molecule has 0 aliphatic carbocycles. The Morgan fingerprint density at radius 3 is 2.50 bits per heavy atom. The molecule has 2 aromatic rings. The highest BCUT2D eigenvalue weighted by molar-refractivity contribution is 7.07. The first-order chi connectivity index (χ1) is 7.65. The molecule has 0 saturated carbocycles. The van der Waals surface area contributed by atoms with Crippen molar-refractivity contribution in [3.8, 4) is 11.3 Å². The molecule has 0 bridgehead atoms. The van der Waals surface area contributed by atoms with Crippen molar-refractivity contribution in [2.45, 2.75) is 6.92 Å². The average Bonchev–Trinajstić information content (AvgIpc) is 2.65. The lowest BCUT2D eigenvalue weighted by Crippen LogP contribution is -2.05. The summed E-state index contributed by atoms with van der Waals surface area (Å²) in [4.78, 5) is 24.5. The first-order valence-corrected chi connectivity index (χ1v) is 5.59. The second-order valence-corrected chi connectivity index (χ2v) is 4.16. The van der Waals surface area contributed by atoms with Crippen LogP contribution in [0.25, 0.3) is 11.3 Å². The summed E-state index contributed by atoms with van der Waals surface area (Å²) in [5, 5.41) is 4.45. The molecule has 4 nitrogen and oxygen atoms in total. The fourth-order valence-electron chi connectivity index (χ4n) is 1.36. The van der Waals surface area contributed by atoms with Crippen molar-refractivity contribution in [2.75, 3.05) is 5.32 Å². The van der Waals surface area contributed by atoms with Crippen LogP contribution in [-0.2, 0) is 4.79 Å². The number of hydrogen-bond donors (Lipinski definition) is 2. The van der Waals surface area contributed by atoms with Gasteiger partial charge in [0, 0.05) is 18.0 Å². The Labute approximate surface area is 96.0 Å². The van der Waals surface area contributed by atoms with Crippen molar-refractivity contribution in [1.29, 1.82) is 0 Å². The minimum absolute atomic E-state index is 0.0686. The average molecular weight is 234 g/mol. The van der Waals surface area contributed by atoms with Crippen molar-refractivity contribution < 1.29 is 4.79 Å². The normalized spacial score (nSPS) is 10.1. The largest absolute Gasteiger partial charge is 0.326 e. The van der Waals surface area contributed by atoms with Gasteiger partial charge in [0.05, 0.1) is 5.69 Å². The molecule has 0 aliphatic rings. The number of hydrogen-bond acceptors (Lipinski definition) is 3. The Kier molecular flexibility index (Phi) is 2.87. The van der Waals surface area contributed by atoms with Crippen molar-refractivity contribution in [3.63, 3.8) is 0 Å². The van der Waals surface area contributed by atoms with Crippen molar-refractivity contribution in [1.82, 2.24) is 4.98 Å². The summed E-state index contributed by atoms with van der Waals surface area (Å²) in [6, 6.07) is 7.30. The maximum absolute atomic E-state index is 11.0. The number of thiazole rings is 1. The maximum Gasteiger partial charge on any atom is 0.304 e. The Morgan fingerprint density at radius 2 is 2.00 bits per heavy atom. The maximum atomic E-state index is 11.0. The van der Waals surface area contributed by atoms with E-state index in [9.17, 15) is 9.59 Å². The molecule has 0 unspecified atom stereocenters. The van der Waals surface area contributed by atoms with E-state index in [1.807, 2.05) is 12.1 Å². The van der Waals surface area contributed by atoms with E-state index in [4.69, 9.17) is 0 Å². The first kappa shape index (κ1) is 10.6. The van der Waals surface area contributed by atoms with Crippen LogP contribution < -0.4 is 10.2 Å². The lowest BCUT2D eigenvalue weighted by molar-refractivity contribution is -0.114. The molecule has 5 heteroatoms. The van der Waals surface area contributed by atoms with E-state index in [1.54, 1.807) is 17.5 Å². The summed E-state index contributed by atoms with van der Waals surface area (Å²) in [7, 11) is 0. The quantitative estimate of drug-likeness (QED) is 0.835. The Bertz CT molecular complexity index is 554. The van der Waals surface area contributed by atoms with E-state index < -0.39 is 0 Å². The van der Waals surface area contributed by atoms with Gasteiger partial charge >= 0.3 is 4.87 Å². The summed E-state index contributed by atoms with van der Waals surface area (Å²) >= 11 is 1.13. The predicted octanol–water partition coefficient (Wildman–Crippen LogP) is 2.06. The lowest BCUT2D eigenvalue weighted by Gasteiger charge is -2.02. The number of carbonyl (C=O) groups is 1. The molecular formula is C11H10N2O2S. The summed E-state index contributed by atoms with van der Waals surface area (Å²) in [6.45, 7) is 1.46. The van der Waals surface area contributed by atoms with Crippen LogP contribution in [0.3, 0.4) is 0 Å². The van der Waals surface area contributed by atoms with Gasteiger partial charge in [-0.05, 0) is 17.7 Å². The van der Waals surface area contributed by atoms with Gasteiger partial charge in [-0.2, -0.15) is 0 Å². The van der Waals surface area contributed by atoms with Gasteiger partial charge in [-0.25, -0.2) is 0 Å². The molecule has 0 saturated heterocycles. The SMILES string of the molecule is CC(=O)Nc1ccc(-c2csc(=O)[nH]2)cc1. The number of aromatic amines is 1. The van der Waals surface area contributed by atoms with Crippen LogP contribution in [0.15, 0.2) is 34.4 Å². The summed E-state index contributed by atoms with van der Waals surface area (Å²) in [5.74, 6) is -0.100. The molecule has 0 aliphatic heterocycles. The monoisotopic (exact) mass is 234 g/mol. The van der Waals surface area contributed by atoms with E-state index >= 15 is 0 Å². The minimum Gasteiger partial charge on any atom is -0.326 e. The molecule has 2 N–H and O–H groups in total. The molecule has 0 spiro atoms. The van der Waals surface area contributed by atoms with Crippen LogP contribution in [0.2, 0.25) is 0 Å². The van der Waals surface area contributed by atoms with Crippen LogP contribution in [0.5, 0.6) is 0 Å². The van der Waals surface area contributed by atoms with Crippen LogP contribution in [-0.4, -0.2) is 10.9 Å². The smallest absolute Gasteiger partial charge is 0.304 e. The summed E-state index contributed by atoms with van der Waals surface area (Å²) in [5.41, 5.74) is 2.46. The van der Waals surface area contributed by atoms with Gasteiger partial charge in [-0.15, -0.1) is 0 Å². The van der Waals surface area contributed by atoms with Crippen LogP contribution in [0.1, 0.15) is 6.92 Å². The number of nitrogens with one attached hydrogen (secondary N) is 2. The predicted molar refractivity (Wildman–Crippen MR) is 64.7 cm³/mol. The molecule has 82 valence electrons. The van der Waals surface area contributed by atoms with Crippen molar-refractivity contribution >= 4 is 22.9 Å². The number of H-pyrrole nitrogens is 1. The molecule has 1 aromatic carbocycles. The zero-order valence-electron chi connectivity index (χ0n) is 8.61. The van der Waals surface area contributed by atoms with Gasteiger partial charge < -0.3 is 10.3 Å². The van der Waals surface area contributed by atoms with Crippen LogP contribution in [0.4, 0.5) is 5.69 Å². The third-order valence-electron chi connectivity index (χ3n) is 2.04. The van der Waals surface area contributed by atoms with E-state index in [-0.39, 0.29) is 10.8 Å². The molecule has 2 rings (SSSR count). The molecule has 0 atom stereocenters. The Balaban J connectivity index is 2.25. The van der Waals surface area contributed by atoms with Gasteiger partial charge in [-0.3, -0.25) is 9.59 Å². The molecule has 0 radical (unpaired) electrons. The number of carbonyl (C=O) groups excluding carboxylic acids is 1. The Morgan fingerprint density at radius 1 is 1.31 bits per heavy atom. The van der Waals surface area contributed by atoms with Gasteiger partial charge in [-0.1, -0.05) is 23.5 Å². The second-order valence-electron chi connectivity index (χ2n) is 3.32. The number of amides is 1. The summed E-state index contributed by atoms with van der Waals surface area (Å²) in [6.07, 6.45) is 0. The van der Waals surface area contributed by atoms with E-state index in [1.165, 1.54) is 6.92 Å². The number of benzene rings is 1. The van der Waals surface area contributed by atoms with E-state index in [2.05, 4.69) is 10.3 Å². The molecule has 1 aromatic heterocycles. The van der Waals surface area contributed by atoms with Gasteiger partial charge in [0.15, 0.2) is 0 Å². The molecule has 16 heavy (non-hydrogen) atoms. The standard InChI is InChI=1S/C11H10N2O2S/c1-7(14)12-9-4-2-8(3-5-9)10-6-16-11(15)13-10/h2-6H,1H3,(H,12,14)(H,13,15). The molecule has 0 fully saturated rings. The van der Waals surface area contributed by atoms with Crippen molar-refractivity contribution in [3.05, 3.63) is 39.3 Å². The van der Waals surface area contributed by atoms with Gasteiger partial charge in [0.1, 0.15) is 0 Å². The van der Waals surface area contributed by atoms with Crippen LogP contribution >= 0.6 is 11.3 Å². The summed E-state index contributed by atoms with van der Waals surface area (Å²) < 4.78 is 0. The molecule has 1 heterocycles.